The molecule has 1 aromatic heterocycles. The van der Waals surface area contributed by atoms with Gasteiger partial charge in [-0.05, 0) is 79.4 Å². The summed E-state index contributed by atoms with van der Waals surface area (Å²) in [4.78, 5) is 21.8. The van der Waals surface area contributed by atoms with Crippen LogP contribution in [0.4, 0.5) is 5.69 Å². The molecule has 4 nitrogen and oxygen atoms in total. The Morgan fingerprint density at radius 1 is 1.00 bits per heavy atom. The second kappa shape index (κ2) is 11.5. The third-order valence-electron chi connectivity index (χ3n) is 8.11. The molecular formula is C33H31Cl2N3OS. The molecule has 0 unspecified atom stereocenters. The molecule has 1 saturated heterocycles. The first kappa shape index (κ1) is 27.2. The number of carbonyl (C=O) groups is 1. The molecule has 2 aliphatic rings. The van der Waals surface area contributed by atoms with Crippen molar-refractivity contribution >= 4 is 68.7 Å². The molecule has 1 aliphatic heterocycles. The Bertz CT molecular complexity index is 1640. The van der Waals surface area contributed by atoms with E-state index in [4.69, 9.17) is 28.2 Å². The van der Waals surface area contributed by atoms with Crippen molar-refractivity contribution in [2.45, 2.75) is 52.1 Å². The van der Waals surface area contributed by atoms with E-state index >= 15 is 0 Å². The molecule has 2 fully saturated rings. The monoisotopic (exact) mass is 587 g/mol. The molecule has 204 valence electrons. The lowest BCUT2D eigenvalue weighted by molar-refractivity contribution is -0.124. The highest BCUT2D eigenvalue weighted by Gasteiger charge is 2.41. The summed E-state index contributed by atoms with van der Waals surface area (Å²) in [6.45, 7) is 4.99. The average Bonchev–Trinajstić information content (AvgIpc) is 3.39. The number of hydrogen-bond acceptors (Lipinski definition) is 3. The molecule has 1 saturated carbocycles. The van der Waals surface area contributed by atoms with Crippen molar-refractivity contribution in [2.75, 3.05) is 0 Å². The van der Waals surface area contributed by atoms with Crippen LogP contribution in [0.3, 0.4) is 0 Å². The predicted octanol–water partition coefficient (Wildman–Crippen LogP) is 9.49. The Labute approximate surface area is 249 Å². The zero-order chi connectivity index (χ0) is 27.8. The Morgan fingerprint density at radius 3 is 2.52 bits per heavy atom. The van der Waals surface area contributed by atoms with Gasteiger partial charge in [-0.1, -0.05) is 85.4 Å². The smallest absolute Gasteiger partial charge is 0.267 e. The number of aromatic nitrogens is 1. The van der Waals surface area contributed by atoms with Gasteiger partial charge in [-0.3, -0.25) is 9.69 Å². The Kier molecular flexibility index (Phi) is 7.80. The number of benzene rings is 3. The number of amides is 1. The van der Waals surface area contributed by atoms with Crippen molar-refractivity contribution in [1.29, 1.82) is 0 Å². The molecule has 4 aromatic rings. The third kappa shape index (κ3) is 5.23. The maximum Gasteiger partial charge on any atom is 0.267 e. The standard InChI is InChI=1S/C33H31Cl2N3OS/c1-21-10-6-8-14-29(21)38-32(39)31(40-33(38)36-25-11-4-3-5-12-25)19-27-22(2)37(30-15-9-7-13-26(27)30)20-23-16-17-24(34)18-28(23)35/h3-5,7,9,11-13,15-19,21,29H,6,8,10,14,20H2,1-2H3/b31-19-,36-33?/t21-,29-/m1/s1. The van der Waals surface area contributed by atoms with Crippen molar-refractivity contribution in [3.05, 3.63) is 105 Å². The Balaban J connectivity index is 1.43. The van der Waals surface area contributed by atoms with E-state index in [0.29, 0.717) is 27.4 Å². The van der Waals surface area contributed by atoms with E-state index in [1.165, 1.54) is 18.2 Å². The van der Waals surface area contributed by atoms with Crippen LogP contribution >= 0.6 is 35.0 Å². The highest BCUT2D eigenvalue weighted by molar-refractivity contribution is 8.18. The van der Waals surface area contributed by atoms with Crippen LogP contribution in [0.1, 0.15) is 49.4 Å². The number of fused-ring (bicyclic) bond motifs is 1. The molecule has 1 amide bonds. The first-order valence-electron chi connectivity index (χ1n) is 13.8. The van der Waals surface area contributed by atoms with Gasteiger partial charge >= 0.3 is 0 Å². The minimum Gasteiger partial charge on any atom is -0.340 e. The van der Waals surface area contributed by atoms with Crippen LogP contribution in [-0.2, 0) is 11.3 Å². The van der Waals surface area contributed by atoms with Gasteiger partial charge in [0, 0.05) is 44.8 Å². The molecule has 0 bridgehead atoms. The highest BCUT2D eigenvalue weighted by Crippen LogP contribution is 2.41. The fourth-order valence-corrected chi connectivity index (χ4v) is 7.44. The maximum atomic E-state index is 14.1. The molecule has 0 spiro atoms. The molecule has 3 aromatic carbocycles. The lowest BCUT2D eigenvalue weighted by Crippen LogP contribution is -2.44. The molecule has 7 heteroatoms. The van der Waals surface area contributed by atoms with Crippen LogP contribution < -0.4 is 0 Å². The van der Waals surface area contributed by atoms with Gasteiger partial charge < -0.3 is 4.57 Å². The van der Waals surface area contributed by atoms with Crippen LogP contribution in [-0.4, -0.2) is 26.6 Å². The van der Waals surface area contributed by atoms with Crippen molar-refractivity contribution in [2.24, 2.45) is 10.9 Å². The average molecular weight is 589 g/mol. The van der Waals surface area contributed by atoms with E-state index in [1.807, 2.05) is 59.5 Å². The molecule has 2 atom stereocenters. The van der Waals surface area contributed by atoms with Crippen molar-refractivity contribution in [3.63, 3.8) is 0 Å². The van der Waals surface area contributed by atoms with Gasteiger partial charge in [0.2, 0.25) is 0 Å². The zero-order valence-electron chi connectivity index (χ0n) is 22.6. The van der Waals surface area contributed by atoms with Crippen LogP contribution in [0.15, 0.2) is 82.7 Å². The summed E-state index contributed by atoms with van der Waals surface area (Å²) in [6.07, 6.45) is 6.57. The van der Waals surface area contributed by atoms with Crippen LogP contribution in [0.5, 0.6) is 0 Å². The largest absolute Gasteiger partial charge is 0.340 e. The van der Waals surface area contributed by atoms with E-state index in [9.17, 15) is 4.79 Å². The Hall–Kier alpha value is -2.99. The normalized spacial score (nSPS) is 21.7. The third-order valence-corrected chi connectivity index (χ3v) is 9.68. The summed E-state index contributed by atoms with van der Waals surface area (Å²) < 4.78 is 2.26. The number of thioether (sulfide) groups is 1. The maximum absolute atomic E-state index is 14.1. The van der Waals surface area contributed by atoms with Gasteiger partial charge in [0.15, 0.2) is 5.17 Å². The number of hydrogen-bond donors (Lipinski definition) is 0. The fourth-order valence-electron chi connectivity index (χ4n) is 5.95. The number of rotatable bonds is 5. The van der Waals surface area contributed by atoms with Gasteiger partial charge in [0.1, 0.15) is 0 Å². The van der Waals surface area contributed by atoms with E-state index < -0.39 is 0 Å². The molecule has 40 heavy (non-hydrogen) atoms. The Morgan fingerprint density at radius 2 is 1.75 bits per heavy atom. The van der Waals surface area contributed by atoms with Gasteiger partial charge in [-0.25, -0.2) is 4.99 Å². The van der Waals surface area contributed by atoms with Crippen LogP contribution in [0.2, 0.25) is 10.0 Å². The van der Waals surface area contributed by atoms with Gasteiger partial charge in [0.05, 0.1) is 10.6 Å². The second-order valence-electron chi connectivity index (χ2n) is 10.7. The number of nitrogens with zero attached hydrogens (tertiary/aromatic N) is 3. The summed E-state index contributed by atoms with van der Waals surface area (Å²) in [5.41, 5.74) is 5.09. The second-order valence-corrected chi connectivity index (χ2v) is 12.5. The highest BCUT2D eigenvalue weighted by atomic mass is 35.5. The summed E-state index contributed by atoms with van der Waals surface area (Å²) >= 11 is 14.2. The molecule has 0 radical (unpaired) electrons. The van der Waals surface area contributed by atoms with Gasteiger partial charge in [-0.2, -0.15) is 0 Å². The molecule has 6 rings (SSSR count). The summed E-state index contributed by atoms with van der Waals surface area (Å²) in [7, 11) is 0. The number of para-hydroxylation sites is 2. The molecule has 0 N–H and O–H groups in total. The first-order chi connectivity index (χ1) is 19.4. The van der Waals surface area contributed by atoms with Gasteiger partial charge in [0.25, 0.3) is 5.91 Å². The van der Waals surface area contributed by atoms with Crippen molar-refractivity contribution in [3.8, 4) is 0 Å². The van der Waals surface area contributed by atoms with Gasteiger partial charge in [-0.15, -0.1) is 0 Å². The summed E-state index contributed by atoms with van der Waals surface area (Å²) in [5, 5.41) is 3.15. The zero-order valence-corrected chi connectivity index (χ0v) is 24.9. The number of halogens is 2. The SMILES string of the molecule is Cc1c(/C=C2\SC(=Nc3ccccc3)N([C@@H]3CCCC[C@H]3C)C2=O)c2ccccc2n1Cc1ccc(Cl)cc1Cl. The number of amidine groups is 1. The number of carbonyl (C=O) groups excluding carboxylic acids is 1. The van der Waals surface area contributed by atoms with Crippen molar-refractivity contribution < 1.29 is 4.79 Å². The topological polar surface area (TPSA) is 37.6 Å². The van der Waals surface area contributed by atoms with E-state index in [0.717, 1.165) is 57.8 Å². The van der Waals surface area contributed by atoms with Crippen LogP contribution in [0, 0.1) is 12.8 Å². The fraction of sp³-hybridized carbons (Fsp3) is 0.273. The lowest BCUT2D eigenvalue weighted by Gasteiger charge is -2.35. The predicted molar refractivity (Wildman–Crippen MR) is 170 cm³/mol. The minimum absolute atomic E-state index is 0.0513. The quantitative estimate of drug-likeness (QED) is 0.218. The first-order valence-corrected chi connectivity index (χ1v) is 15.4. The van der Waals surface area contributed by atoms with E-state index in [1.54, 1.807) is 6.07 Å². The lowest BCUT2D eigenvalue weighted by atomic mass is 9.85. The molecule has 1 aliphatic carbocycles. The molecule has 2 heterocycles. The summed E-state index contributed by atoms with van der Waals surface area (Å²) in [6, 6.07) is 24.1. The molecular weight excluding hydrogens is 557 g/mol. The summed E-state index contributed by atoms with van der Waals surface area (Å²) in [5.74, 6) is 0.488. The van der Waals surface area contributed by atoms with Crippen LogP contribution in [0.25, 0.3) is 17.0 Å². The minimum atomic E-state index is 0.0513. The number of aliphatic imine (C=N–C) groups is 1. The van der Waals surface area contributed by atoms with E-state index in [-0.39, 0.29) is 11.9 Å². The van der Waals surface area contributed by atoms with Crippen molar-refractivity contribution in [1.82, 2.24) is 9.47 Å². The van der Waals surface area contributed by atoms with E-state index in [2.05, 4.69) is 36.6 Å².